The molecule has 2 aromatic carbocycles. The lowest BCUT2D eigenvalue weighted by molar-refractivity contribution is 0.174. The van der Waals surface area contributed by atoms with Gasteiger partial charge in [0.05, 0.1) is 23.9 Å². The van der Waals surface area contributed by atoms with E-state index in [4.69, 9.17) is 10.5 Å². The number of para-hydroxylation sites is 1. The van der Waals surface area contributed by atoms with Gasteiger partial charge in [0.25, 0.3) is 0 Å². The molecule has 1 heterocycles. The third kappa shape index (κ3) is 4.64. The van der Waals surface area contributed by atoms with E-state index >= 15 is 0 Å². The summed E-state index contributed by atoms with van der Waals surface area (Å²) in [5.74, 6) is 6.78. The molecule has 0 spiro atoms. The maximum absolute atomic E-state index is 9.35. The Hall–Kier alpha value is -3.58. The molecule has 6 heteroatoms. The molecule has 6 nitrogen and oxygen atoms in total. The van der Waals surface area contributed by atoms with E-state index in [1.807, 2.05) is 54.4 Å². The minimum atomic E-state index is -0.863. The maximum atomic E-state index is 9.35. The molecule has 146 valence electrons. The van der Waals surface area contributed by atoms with E-state index in [0.29, 0.717) is 24.3 Å². The zero-order valence-corrected chi connectivity index (χ0v) is 16.4. The van der Waals surface area contributed by atoms with Crippen molar-refractivity contribution in [3.05, 3.63) is 59.8 Å². The number of aromatic nitrogens is 1. The number of methoxy groups -OCH3 is 1. The second kappa shape index (κ2) is 9.07. The highest BCUT2D eigenvalue weighted by atomic mass is 16.5. The van der Waals surface area contributed by atoms with E-state index in [-0.39, 0.29) is 0 Å². The number of rotatable bonds is 5. The predicted octanol–water partition coefficient (Wildman–Crippen LogP) is 3.29. The summed E-state index contributed by atoms with van der Waals surface area (Å²) < 4.78 is 5.42. The molecule has 0 radical (unpaired) electrons. The monoisotopic (exact) mass is 386 g/mol. The SMILES string of the molecule is COc1ccc(N(C)c2cc(C#N)nc3ccccc23)cc1C#CCCC(N)O. The quantitative estimate of drug-likeness (QED) is 0.516. The van der Waals surface area contributed by atoms with Crippen LogP contribution in [0, 0.1) is 23.2 Å². The van der Waals surface area contributed by atoms with Crippen molar-refractivity contribution in [2.75, 3.05) is 19.1 Å². The first-order valence-electron chi connectivity index (χ1n) is 9.17. The molecule has 3 rings (SSSR count). The number of nitrogens with zero attached hydrogens (tertiary/aromatic N) is 3. The van der Waals surface area contributed by atoms with Gasteiger partial charge in [0.15, 0.2) is 0 Å². The maximum Gasteiger partial charge on any atom is 0.143 e. The third-order valence-corrected chi connectivity index (χ3v) is 4.53. The molecule has 1 atom stereocenters. The van der Waals surface area contributed by atoms with Gasteiger partial charge in [-0.1, -0.05) is 30.0 Å². The van der Waals surface area contributed by atoms with Gasteiger partial charge in [-0.15, -0.1) is 0 Å². The summed E-state index contributed by atoms with van der Waals surface area (Å²) in [7, 11) is 3.54. The van der Waals surface area contributed by atoms with Crippen LogP contribution in [0.5, 0.6) is 5.75 Å². The molecule has 0 bridgehead atoms. The van der Waals surface area contributed by atoms with Gasteiger partial charge in [0.1, 0.15) is 23.7 Å². The molecule has 1 aromatic heterocycles. The number of anilines is 2. The standard InChI is InChI=1S/C23H22N4O2/c1-27(21-14-17(15-24)26-20-9-5-4-8-19(20)21)18-11-12-22(29-2)16(13-18)7-3-6-10-23(25)28/h4-5,8-9,11-14,23,28H,6,10,25H2,1-2H3. The van der Waals surface area contributed by atoms with Crippen molar-refractivity contribution in [2.45, 2.75) is 19.1 Å². The van der Waals surface area contributed by atoms with Gasteiger partial charge in [-0.25, -0.2) is 4.98 Å². The Bertz CT molecular complexity index is 1120. The average molecular weight is 386 g/mol. The molecule has 0 saturated heterocycles. The molecular formula is C23H22N4O2. The average Bonchev–Trinajstić information content (AvgIpc) is 2.75. The summed E-state index contributed by atoms with van der Waals surface area (Å²) in [6.45, 7) is 0. The third-order valence-electron chi connectivity index (χ3n) is 4.53. The first-order valence-corrected chi connectivity index (χ1v) is 9.17. The fourth-order valence-electron chi connectivity index (χ4n) is 3.01. The number of benzene rings is 2. The second-order valence-corrected chi connectivity index (χ2v) is 6.51. The molecule has 3 aromatic rings. The number of aliphatic hydroxyl groups is 1. The van der Waals surface area contributed by atoms with Crippen LogP contribution >= 0.6 is 0 Å². The Labute approximate surface area is 170 Å². The highest BCUT2D eigenvalue weighted by Gasteiger charge is 2.13. The topological polar surface area (TPSA) is 95.4 Å². The lowest BCUT2D eigenvalue weighted by Gasteiger charge is -2.22. The minimum absolute atomic E-state index is 0.361. The lowest BCUT2D eigenvalue weighted by Crippen LogP contribution is -2.17. The largest absolute Gasteiger partial charge is 0.495 e. The van der Waals surface area contributed by atoms with E-state index in [1.54, 1.807) is 13.2 Å². The first-order chi connectivity index (χ1) is 14.0. The fourth-order valence-corrected chi connectivity index (χ4v) is 3.01. The second-order valence-electron chi connectivity index (χ2n) is 6.51. The van der Waals surface area contributed by atoms with Gasteiger partial charge in [0.2, 0.25) is 0 Å². The molecule has 3 N–H and O–H groups in total. The van der Waals surface area contributed by atoms with Crippen LogP contribution in [-0.2, 0) is 0 Å². The predicted molar refractivity (Wildman–Crippen MR) is 114 cm³/mol. The van der Waals surface area contributed by atoms with Crippen LogP contribution in [0.1, 0.15) is 24.1 Å². The summed E-state index contributed by atoms with van der Waals surface area (Å²) in [6.07, 6.45) is 0.0361. The zero-order valence-electron chi connectivity index (χ0n) is 16.4. The van der Waals surface area contributed by atoms with Crippen LogP contribution in [0.15, 0.2) is 48.5 Å². The zero-order chi connectivity index (χ0) is 20.8. The van der Waals surface area contributed by atoms with E-state index in [0.717, 1.165) is 27.8 Å². The molecule has 0 amide bonds. The Morgan fingerprint density at radius 3 is 2.76 bits per heavy atom. The number of pyridine rings is 1. The van der Waals surface area contributed by atoms with Crippen LogP contribution in [0.2, 0.25) is 0 Å². The highest BCUT2D eigenvalue weighted by Crippen LogP contribution is 2.33. The van der Waals surface area contributed by atoms with Crippen LogP contribution < -0.4 is 15.4 Å². The number of nitriles is 1. The van der Waals surface area contributed by atoms with Crippen LogP contribution in [0.3, 0.4) is 0 Å². The molecule has 0 aliphatic carbocycles. The van der Waals surface area contributed by atoms with Gasteiger partial charge in [0, 0.05) is 24.5 Å². The van der Waals surface area contributed by atoms with E-state index in [1.165, 1.54) is 0 Å². The van der Waals surface area contributed by atoms with Crippen molar-refractivity contribution in [1.29, 1.82) is 5.26 Å². The Morgan fingerprint density at radius 2 is 2.03 bits per heavy atom. The Balaban J connectivity index is 2.02. The van der Waals surface area contributed by atoms with Gasteiger partial charge >= 0.3 is 0 Å². The lowest BCUT2D eigenvalue weighted by atomic mass is 10.1. The number of hydrogen-bond acceptors (Lipinski definition) is 6. The molecule has 0 aliphatic rings. The molecule has 1 unspecified atom stereocenters. The Morgan fingerprint density at radius 1 is 1.24 bits per heavy atom. The summed E-state index contributed by atoms with van der Waals surface area (Å²) in [4.78, 5) is 6.38. The van der Waals surface area contributed by atoms with E-state index in [2.05, 4.69) is 22.9 Å². The van der Waals surface area contributed by atoms with Crippen molar-refractivity contribution in [1.82, 2.24) is 4.98 Å². The molecule has 0 fully saturated rings. The van der Waals surface area contributed by atoms with Gasteiger partial charge in [-0.3, -0.25) is 0 Å². The number of hydrogen-bond donors (Lipinski definition) is 2. The van der Waals surface area contributed by atoms with Gasteiger partial charge < -0.3 is 20.5 Å². The van der Waals surface area contributed by atoms with Crippen molar-refractivity contribution < 1.29 is 9.84 Å². The van der Waals surface area contributed by atoms with E-state index in [9.17, 15) is 10.4 Å². The molecular weight excluding hydrogens is 364 g/mol. The fraction of sp³-hybridized carbons (Fsp3) is 0.217. The summed E-state index contributed by atoms with van der Waals surface area (Å²) in [5.41, 5.74) is 8.99. The number of nitrogens with two attached hydrogens (primary N) is 1. The van der Waals surface area contributed by atoms with Crippen LogP contribution in [-0.4, -0.2) is 30.5 Å². The first kappa shape index (κ1) is 20.2. The molecule has 0 saturated carbocycles. The highest BCUT2D eigenvalue weighted by molar-refractivity contribution is 5.94. The van der Waals surface area contributed by atoms with Crippen molar-refractivity contribution in [2.24, 2.45) is 5.73 Å². The van der Waals surface area contributed by atoms with Crippen molar-refractivity contribution >= 4 is 22.3 Å². The van der Waals surface area contributed by atoms with Gasteiger partial charge in [-0.2, -0.15) is 5.26 Å². The number of ether oxygens (including phenoxy) is 1. The Kier molecular flexibility index (Phi) is 6.31. The van der Waals surface area contributed by atoms with Crippen molar-refractivity contribution in [3.8, 4) is 23.7 Å². The summed E-state index contributed by atoms with van der Waals surface area (Å²) in [5, 5.41) is 19.5. The normalized spacial score (nSPS) is 11.3. The number of fused-ring (bicyclic) bond motifs is 1. The number of aliphatic hydroxyl groups excluding tert-OH is 1. The summed E-state index contributed by atoms with van der Waals surface area (Å²) >= 11 is 0. The van der Waals surface area contributed by atoms with E-state index < -0.39 is 6.23 Å². The molecule has 29 heavy (non-hydrogen) atoms. The minimum Gasteiger partial charge on any atom is -0.495 e. The van der Waals surface area contributed by atoms with Crippen LogP contribution in [0.25, 0.3) is 10.9 Å². The van der Waals surface area contributed by atoms with Gasteiger partial charge in [-0.05, 0) is 36.8 Å². The summed E-state index contributed by atoms with van der Waals surface area (Å²) in [6, 6.07) is 17.4. The molecule has 0 aliphatic heterocycles. The van der Waals surface area contributed by atoms with Crippen molar-refractivity contribution in [3.63, 3.8) is 0 Å². The van der Waals surface area contributed by atoms with Crippen LogP contribution in [0.4, 0.5) is 11.4 Å². The smallest absolute Gasteiger partial charge is 0.143 e.